The average molecular weight is 1100 g/mol. The summed E-state index contributed by atoms with van der Waals surface area (Å²) in [5, 5.41) is 25.0. The maximum Gasteiger partial charge on any atom is 0.426 e. The second-order valence-electron chi connectivity index (χ2n) is 20.9. The van der Waals surface area contributed by atoms with E-state index in [1.165, 1.54) is 19.1 Å². The van der Waals surface area contributed by atoms with Crippen LogP contribution < -0.4 is 48.9 Å². The molecule has 0 radical (unpaired) electrons. The van der Waals surface area contributed by atoms with Crippen LogP contribution in [0.3, 0.4) is 0 Å². The zero-order valence-electron chi connectivity index (χ0n) is 46.3. The first-order valence-electron chi connectivity index (χ1n) is 27.2. The van der Waals surface area contributed by atoms with Crippen molar-refractivity contribution in [3.8, 4) is 0 Å². The number of primary amides is 1. The van der Waals surface area contributed by atoms with Gasteiger partial charge in [0, 0.05) is 38.1 Å². The van der Waals surface area contributed by atoms with Crippen LogP contribution in [0.1, 0.15) is 131 Å². The number of esters is 1. The number of carbonyl (C=O) groups excluding carboxylic acids is 8. The van der Waals surface area contributed by atoms with Crippen molar-refractivity contribution in [1.82, 2.24) is 32.1 Å². The van der Waals surface area contributed by atoms with Crippen LogP contribution in [-0.2, 0) is 59.1 Å². The van der Waals surface area contributed by atoms with Crippen molar-refractivity contribution >= 4 is 53.3 Å². The Morgan fingerprint density at radius 2 is 1.59 bits per heavy atom. The fourth-order valence-electron chi connectivity index (χ4n) is 9.15. The van der Waals surface area contributed by atoms with E-state index in [0.717, 1.165) is 31.3 Å². The predicted molar refractivity (Wildman–Crippen MR) is 289 cm³/mol. The standard InChI is InChI=1S/C55H85N9O14/c1-33(2)49(62-46(66)15-11-9-8-10-12-26-56)52(71)61-42(14-13-27-58-53(57)72)51(70)59-40-21-19-39(20-22-40)31-74-54(73)64-63-48(68)29-41-30-55(32-75-55)50(69)45(78-41)24-17-34(3)16-23-44-35(4)28-43(37(6)77-44)60-47(67)25-18-36(5)76-38(7)65/h16-22,24-25,33,35-37,41-45,49-50,69H,8-15,23,26-32,56H2,1-7H3,(H,59,70)(H,60,67)(H,61,71)(H,62,66)(H,63,68)(H,64,73)(H3,57,58,72)/b24-17+,25-18-,34-16+/t35-,36-,37+,41+,42-,43+,44-,45+,49-,50+,55+/m0/s1. The molecule has 23 nitrogen and oxygen atoms in total. The summed E-state index contributed by atoms with van der Waals surface area (Å²) in [5.74, 6) is -2.75. The number of unbranched alkanes of at least 4 members (excludes halogenated alkanes) is 4. The molecule has 1 spiro atoms. The summed E-state index contributed by atoms with van der Waals surface area (Å²) in [6, 6.07) is 3.56. The Labute approximate surface area is 457 Å². The van der Waals surface area contributed by atoms with E-state index in [1.807, 2.05) is 26.0 Å². The fraction of sp³-hybridized carbons (Fsp3) is 0.636. The van der Waals surface area contributed by atoms with Crippen molar-refractivity contribution in [2.45, 2.75) is 192 Å². The molecule has 3 aliphatic rings. The molecule has 0 aromatic heterocycles. The summed E-state index contributed by atoms with van der Waals surface area (Å²) in [5.41, 5.74) is 16.3. The number of rotatable bonds is 29. The maximum absolute atomic E-state index is 13.6. The molecule has 1 aromatic rings. The monoisotopic (exact) mass is 1100 g/mol. The van der Waals surface area contributed by atoms with Crippen molar-refractivity contribution in [2.75, 3.05) is 25.0 Å². The molecule has 434 valence electrons. The number of hydrogen-bond acceptors (Lipinski definition) is 15. The summed E-state index contributed by atoms with van der Waals surface area (Å²) in [6.45, 7) is 13.4. The van der Waals surface area contributed by atoms with E-state index < -0.39 is 77.9 Å². The van der Waals surface area contributed by atoms with Gasteiger partial charge in [-0.2, -0.15) is 0 Å². The third kappa shape index (κ3) is 22.9. The lowest BCUT2D eigenvalue weighted by molar-refractivity contribution is -0.146. The van der Waals surface area contributed by atoms with Crippen molar-refractivity contribution in [1.29, 1.82) is 0 Å². The lowest BCUT2D eigenvalue weighted by Crippen LogP contribution is -2.54. The van der Waals surface area contributed by atoms with Crippen LogP contribution >= 0.6 is 0 Å². The normalized spacial score (nSPS) is 24.1. The molecule has 11 atom stereocenters. The van der Waals surface area contributed by atoms with Gasteiger partial charge in [0.15, 0.2) is 0 Å². The number of benzene rings is 1. The molecule has 0 aliphatic carbocycles. The molecule has 1 aromatic carbocycles. The van der Waals surface area contributed by atoms with Crippen LogP contribution in [0.15, 0.2) is 60.2 Å². The molecule has 3 heterocycles. The van der Waals surface area contributed by atoms with E-state index in [0.29, 0.717) is 50.1 Å². The summed E-state index contributed by atoms with van der Waals surface area (Å²) in [6.07, 6.45) is 10.9. The van der Waals surface area contributed by atoms with Gasteiger partial charge >= 0.3 is 18.1 Å². The van der Waals surface area contributed by atoms with Crippen molar-refractivity contribution in [2.24, 2.45) is 23.3 Å². The van der Waals surface area contributed by atoms with Gasteiger partial charge in [-0.25, -0.2) is 15.0 Å². The van der Waals surface area contributed by atoms with Crippen LogP contribution in [0.25, 0.3) is 0 Å². The first kappa shape index (κ1) is 64.1. The second-order valence-corrected chi connectivity index (χ2v) is 20.9. The number of aliphatic hydroxyl groups is 1. The third-order valence-corrected chi connectivity index (χ3v) is 13.7. The number of nitrogens with two attached hydrogens (primary N) is 2. The van der Waals surface area contributed by atoms with Gasteiger partial charge in [0.05, 0.1) is 37.4 Å². The maximum atomic E-state index is 13.6. The van der Waals surface area contributed by atoms with E-state index in [-0.39, 0.29) is 80.7 Å². The Bertz CT molecular complexity index is 2250. The average Bonchev–Trinajstić information content (AvgIpc) is 4.21. The first-order chi connectivity index (χ1) is 37.1. The van der Waals surface area contributed by atoms with E-state index >= 15 is 0 Å². The summed E-state index contributed by atoms with van der Waals surface area (Å²) >= 11 is 0. The molecule has 3 fully saturated rings. The Morgan fingerprint density at radius 3 is 2.26 bits per heavy atom. The van der Waals surface area contributed by atoms with E-state index in [1.54, 1.807) is 51.1 Å². The summed E-state index contributed by atoms with van der Waals surface area (Å²) in [4.78, 5) is 100. The van der Waals surface area contributed by atoms with Crippen molar-refractivity contribution in [3.05, 3.63) is 65.8 Å². The Hall–Kier alpha value is -6.40. The number of nitrogens with one attached hydrogen (secondary N) is 7. The largest absolute Gasteiger partial charge is 0.459 e. The molecule has 4 rings (SSSR count). The van der Waals surface area contributed by atoms with Gasteiger partial charge in [-0.15, -0.1) is 0 Å². The Morgan fingerprint density at radius 1 is 0.885 bits per heavy atom. The highest BCUT2D eigenvalue weighted by molar-refractivity contribution is 5.98. The number of allylic oxidation sites excluding steroid dienone is 2. The topological polar surface area (TPSA) is 342 Å². The van der Waals surface area contributed by atoms with Gasteiger partial charge < -0.3 is 66.8 Å². The van der Waals surface area contributed by atoms with Gasteiger partial charge in [0.1, 0.15) is 42.6 Å². The molecule has 8 amide bonds. The number of urea groups is 1. The number of anilines is 1. The van der Waals surface area contributed by atoms with Gasteiger partial charge in [0.2, 0.25) is 29.5 Å². The van der Waals surface area contributed by atoms with Crippen LogP contribution in [0.4, 0.5) is 15.3 Å². The lowest BCUT2D eigenvalue weighted by atomic mass is 9.87. The molecule has 12 N–H and O–H groups in total. The molecule has 0 saturated carbocycles. The number of carbonyl (C=O) groups is 8. The van der Waals surface area contributed by atoms with Crippen LogP contribution in [0, 0.1) is 11.8 Å². The molecule has 0 unspecified atom stereocenters. The van der Waals surface area contributed by atoms with E-state index in [9.17, 15) is 43.5 Å². The third-order valence-electron chi connectivity index (χ3n) is 13.7. The van der Waals surface area contributed by atoms with Crippen LogP contribution in [0.2, 0.25) is 0 Å². The number of hydrogen-bond donors (Lipinski definition) is 10. The lowest BCUT2D eigenvalue weighted by Gasteiger charge is -2.39. The Balaban J connectivity index is 1.21. The van der Waals surface area contributed by atoms with E-state index in [2.05, 4.69) is 44.4 Å². The number of amides is 8. The predicted octanol–water partition coefficient (Wildman–Crippen LogP) is 3.63. The molecule has 23 heteroatoms. The highest BCUT2D eigenvalue weighted by Gasteiger charge is 2.58. The number of aliphatic hydroxyl groups excluding tert-OH is 1. The quantitative estimate of drug-likeness (QED) is 0.0137. The van der Waals surface area contributed by atoms with Gasteiger partial charge in [-0.05, 0) is 101 Å². The molecule has 3 aliphatic heterocycles. The van der Waals surface area contributed by atoms with Gasteiger partial charge in [0.25, 0.3) is 0 Å². The zero-order valence-corrected chi connectivity index (χ0v) is 46.3. The number of epoxide rings is 1. The minimum atomic E-state index is -1.03. The summed E-state index contributed by atoms with van der Waals surface area (Å²) in [7, 11) is 0. The minimum absolute atomic E-state index is 0.0943. The van der Waals surface area contributed by atoms with Gasteiger partial charge in [-0.3, -0.25) is 34.2 Å². The SMILES string of the molecule is CC(=O)O[C@@H](C)/C=C\C(=O)N[C@@H]1C[C@H](C)[C@H](C/C=C(C)/C=C/[C@H]2O[C@H](CC(=O)NNC(=O)OCc3ccc(NC(=O)[C@H](CCCNC(N)=O)NC(=O)[C@@H](NC(=O)CCCCCCCN)C(C)C)cc3)C[C@@]3(CO3)[C@@H]2O)O[C@@H]1C. The number of ether oxygens (including phenoxy) is 5. The van der Waals surface area contributed by atoms with Crippen molar-refractivity contribution in [3.63, 3.8) is 0 Å². The number of hydrazine groups is 1. The Kier molecular flexibility index (Phi) is 26.7. The smallest absolute Gasteiger partial charge is 0.426 e. The van der Waals surface area contributed by atoms with Crippen LogP contribution in [0.5, 0.6) is 0 Å². The summed E-state index contributed by atoms with van der Waals surface area (Å²) < 4.78 is 28.5. The minimum Gasteiger partial charge on any atom is -0.459 e. The van der Waals surface area contributed by atoms with Crippen LogP contribution in [-0.4, -0.2) is 133 Å². The molecular formula is C55H85N9O14. The van der Waals surface area contributed by atoms with Crippen molar-refractivity contribution < 1.29 is 67.1 Å². The van der Waals surface area contributed by atoms with Gasteiger partial charge in [-0.1, -0.05) is 76.0 Å². The zero-order chi connectivity index (χ0) is 57.4. The molecule has 78 heavy (non-hydrogen) atoms. The van der Waals surface area contributed by atoms with E-state index in [4.69, 9.17) is 35.2 Å². The molecule has 0 bridgehead atoms. The molecule has 3 saturated heterocycles. The highest BCUT2D eigenvalue weighted by atomic mass is 16.6. The fourth-order valence-corrected chi connectivity index (χ4v) is 9.15. The molecular weight excluding hydrogens is 1010 g/mol. The highest BCUT2D eigenvalue weighted by Crippen LogP contribution is 2.43. The second kappa shape index (κ2) is 32.5. The first-order valence-corrected chi connectivity index (χ1v) is 27.2.